The van der Waals surface area contributed by atoms with Gasteiger partial charge in [-0.15, -0.1) is 0 Å². The minimum absolute atomic E-state index is 0.301. The maximum atomic E-state index is 11.3. The van der Waals surface area contributed by atoms with Crippen LogP contribution in [0.25, 0.3) is 0 Å². The van der Waals surface area contributed by atoms with Crippen molar-refractivity contribution in [2.75, 3.05) is 0 Å². The van der Waals surface area contributed by atoms with Crippen LogP contribution >= 0.6 is 0 Å². The summed E-state index contributed by atoms with van der Waals surface area (Å²) in [6, 6.07) is 8.08. The second-order valence-electron chi connectivity index (χ2n) is 3.82. The molecule has 0 aromatic heterocycles. The molecule has 1 amide bonds. The Labute approximate surface area is 96.5 Å². The minimum atomic E-state index is -0.894. The number of hydrogen-bond donors (Lipinski definition) is 2. The standard InChI is InChI=1S/C13H19NO2/c1-3-10-6-5-7-11(8-10)9-14-13(16)12(15)4-2/h5-8,12,15H,3-4,9H2,1-2H3,(H,14,16). The molecule has 1 aromatic rings. The van der Waals surface area contributed by atoms with Crippen LogP contribution in [0.5, 0.6) is 0 Å². The Morgan fingerprint density at radius 2 is 2.06 bits per heavy atom. The molecule has 3 heteroatoms. The smallest absolute Gasteiger partial charge is 0.249 e. The zero-order valence-electron chi connectivity index (χ0n) is 9.86. The topological polar surface area (TPSA) is 49.3 Å². The van der Waals surface area contributed by atoms with E-state index >= 15 is 0 Å². The summed E-state index contributed by atoms with van der Waals surface area (Å²) in [6.07, 6.45) is 0.537. The number of aliphatic hydroxyl groups excluding tert-OH is 1. The summed E-state index contributed by atoms with van der Waals surface area (Å²) in [5.41, 5.74) is 2.32. The fourth-order valence-corrected chi connectivity index (χ4v) is 1.45. The van der Waals surface area contributed by atoms with Crippen molar-refractivity contribution < 1.29 is 9.90 Å². The second-order valence-corrected chi connectivity index (χ2v) is 3.82. The molecular formula is C13H19NO2. The predicted octanol–water partition coefficient (Wildman–Crippen LogP) is 1.64. The number of carbonyl (C=O) groups excluding carboxylic acids is 1. The van der Waals surface area contributed by atoms with Crippen LogP contribution in [0.2, 0.25) is 0 Å². The van der Waals surface area contributed by atoms with Gasteiger partial charge in [0.05, 0.1) is 0 Å². The van der Waals surface area contributed by atoms with Gasteiger partial charge in [0.2, 0.25) is 5.91 Å². The molecule has 0 heterocycles. The number of hydrogen-bond acceptors (Lipinski definition) is 2. The predicted molar refractivity (Wildman–Crippen MR) is 64.0 cm³/mol. The molecular weight excluding hydrogens is 202 g/mol. The Morgan fingerprint density at radius 3 is 2.69 bits per heavy atom. The molecule has 0 spiro atoms. The summed E-state index contributed by atoms with van der Waals surface area (Å²) in [5, 5.41) is 12.0. The summed E-state index contributed by atoms with van der Waals surface area (Å²) >= 11 is 0. The van der Waals surface area contributed by atoms with Gasteiger partial charge in [-0.2, -0.15) is 0 Å². The molecule has 2 N–H and O–H groups in total. The largest absolute Gasteiger partial charge is 0.383 e. The molecule has 0 saturated heterocycles. The van der Waals surface area contributed by atoms with Crippen molar-refractivity contribution in [3.63, 3.8) is 0 Å². The van der Waals surface area contributed by atoms with Gasteiger partial charge < -0.3 is 10.4 Å². The first kappa shape index (κ1) is 12.7. The molecule has 88 valence electrons. The molecule has 0 aliphatic rings. The molecule has 3 nitrogen and oxygen atoms in total. The van der Waals surface area contributed by atoms with Gasteiger partial charge in [0.25, 0.3) is 0 Å². The summed E-state index contributed by atoms with van der Waals surface area (Å²) in [6.45, 7) is 4.35. The Bertz CT molecular complexity index is 350. The van der Waals surface area contributed by atoms with E-state index in [9.17, 15) is 9.90 Å². The van der Waals surface area contributed by atoms with E-state index in [4.69, 9.17) is 0 Å². The van der Waals surface area contributed by atoms with E-state index in [0.29, 0.717) is 13.0 Å². The van der Waals surface area contributed by atoms with Gasteiger partial charge >= 0.3 is 0 Å². The lowest BCUT2D eigenvalue weighted by molar-refractivity contribution is -0.129. The van der Waals surface area contributed by atoms with Crippen LogP contribution in [0.3, 0.4) is 0 Å². The van der Waals surface area contributed by atoms with Gasteiger partial charge in [-0.05, 0) is 24.0 Å². The first-order valence-corrected chi connectivity index (χ1v) is 5.71. The number of amides is 1. The number of aryl methyl sites for hydroxylation is 1. The highest BCUT2D eigenvalue weighted by Gasteiger charge is 2.11. The molecule has 0 radical (unpaired) electrons. The highest BCUT2D eigenvalue weighted by atomic mass is 16.3. The van der Waals surface area contributed by atoms with E-state index in [1.165, 1.54) is 5.56 Å². The highest BCUT2D eigenvalue weighted by Crippen LogP contribution is 2.05. The van der Waals surface area contributed by atoms with Crippen molar-refractivity contribution in [1.29, 1.82) is 0 Å². The van der Waals surface area contributed by atoms with E-state index in [1.54, 1.807) is 6.92 Å². The lowest BCUT2D eigenvalue weighted by Gasteiger charge is -2.09. The second kappa shape index (κ2) is 6.28. The van der Waals surface area contributed by atoms with Crippen LogP contribution in [0.15, 0.2) is 24.3 Å². The van der Waals surface area contributed by atoms with E-state index in [-0.39, 0.29) is 5.91 Å². The van der Waals surface area contributed by atoms with Gasteiger partial charge in [-0.1, -0.05) is 38.1 Å². The van der Waals surface area contributed by atoms with Crippen LogP contribution in [-0.2, 0) is 17.8 Å². The number of benzene rings is 1. The van der Waals surface area contributed by atoms with E-state index in [1.807, 2.05) is 12.1 Å². The van der Waals surface area contributed by atoms with Gasteiger partial charge in [-0.3, -0.25) is 4.79 Å². The van der Waals surface area contributed by atoms with Crippen molar-refractivity contribution in [2.45, 2.75) is 39.3 Å². The first-order valence-electron chi connectivity index (χ1n) is 5.71. The fourth-order valence-electron chi connectivity index (χ4n) is 1.45. The number of rotatable bonds is 5. The third-order valence-electron chi connectivity index (χ3n) is 2.56. The third-order valence-corrected chi connectivity index (χ3v) is 2.56. The number of aliphatic hydroxyl groups is 1. The lowest BCUT2D eigenvalue weighted by atomic mass is 10.1. The fraction of sp³-hybridized carbons (Fsp3) is 0.462. The summed E-state index contributed by atoms with van der Waals surface area (Å²) in [4.78, 5) is 11.3. The van der Waals surface area contributed by atoms with Gasteiger partial charge in [-0.25, -0.2) is 0 Å². The van der Waals surface area contributed by atoms with Crippen LogP contribution in [0, 0.1) is 0 Å². The van der Waals surface area contributed by atoms with Gasteiger partial charge in [0.1, 0.15) is 6.10 Å². The summed E-state index contributed by atoms with van der Waals surface area (Å²) in [5.74, 6) is -0.301. The first-order chi connectivity index (χ1) is 7.67. The third kappa shape index (κ3) is 3.66. The Hall–Kier alpha value is -1.35. The van der Waals surface area contributed by atoms with Crippen molar-refractivity contribution in [2.24, 2.45) is 0 Å². The number of nitrogens with one attached hydrogen (secondary N) is 1. The highest BCUT2D eigenvalue weighted by molar-refractivity contribution is 5.80. The quantitative estimate of drug-likeness (QED) is 0.794. The Balaban J connectivity index is 2.51. The minimum Gasteiger partial charge on any atom is -0.383 e. The summed E-state index contributed by atoms with van der Waals surface area (Å²) in [7, 11) is 0. The normalized spacial score (nSPS) is 12.2. The van der Waals surface area contributed by atoms with Crippen LogP contribution in [0.4, 0.5) is 0 Å². The van der Waals surface area contributed by atoms with E-state index in [2.05, 4.69) is 24.4 Å². The molecule has 1 aromatic carbocycles. The molecule has 16 heavy (non-hydrogen) atoms. The van der Waals surface area contributed by atoms with Gasteiger partial charge in [0.15, 0.2) is 0 Å². The molecule has 0 saturated carbocycles. The van der Waals surface area contributed by atoms with E-state index in [0.717, 1.165) is 12.0 Å². The molecule has 0 fully saturated rings. The maximum absolute atomic E-state index is 11.3. The molecule has 0 aliphatic carbocycles. The maximum Gasteiger partial charge on any atom is 0.249 e. The van der Waals surface area contributed by atoms with Crippen LogP contribution in [0.1, 0.15) is 31.4 Å². The average molecular weight is 221 g/mol. The van der Waals surface area contributed by atoms with Crippen molar-refractivity contribution in [3.05, 3.63) is 35.4 Å². The number of carbonyl (C=O) groups is 1. The monoisotopic (exact) mass is 221 g/mol. The van der Waals surface area contributed by atoms with Crippen molar-refractivity contribution >= 4 is 5.91 Å². The lowest BCUT2D eigenvalue weighted by Crippen LogP contribution is -2.33. The van der Waals surface area contributed by atoms with Crippen molar-refractivity contribution in [3.8, 4) is 0 Å². The van der Waals surface area contributed by atoms with Crippen LogP contribution in [-0.4, -0.2) is 17.1 Å². The average Bonchev–Trinajstić information content (AvgIpc) is 2.35. The summed E-state index contributed by atoms with van der Waals surface area (Å²) < 4.78 is 0. The molecule has 1 atom stereocenters. The van der Waals surface area contributed by atoms with Crippen molar-refractivity contribution in [1.82, 2.24) is 5.32 Å². The Kier molecular flexibility index (Phi) is 4.99. The van der Waals surface area contributed by atoms with Crippen LogP contribution < -0.4 is 5.32 Å². The Morgan fingerprint density at radius 1 is 1.38 bits per heavy atom. The molecule has 1 unspecified atom stereocenters. The molecule has 0 bridgehead atoms. The molecule has 0 aliphatic heterocycles. The SMILES string of the molecule is CCc1cccc(CNC(=O)C(O)CC)c1. The zero-order chi connectivity index (χ0) is 12.0. The molecule has 1 rings (SSSR count). The van der Waals surface area contributed by atoms with E-state index < -0.39 is 6.10 Å². The van der Waals surface area contributed by atoms with Gasteiger partial charge in [0, 0.05) is 6.54 Å². The zero-order valence-corrected chi connectivity index (χ0v) is 9.86.